The molecule has 0 aliphatic carbocycles. The highest BCUT2D eigenvalue weighted by molar-refractivity contribution is 5.93. The maximum atomic E-state index is 13.5. The van der Waals surface area contributed by atoms with Gasteiger partial charge in [-0.2, -0.15) is 0 Å². The molecule has 0 atom stereocenters. The smallest absolute Gasteiger partial charge is 0.195 e. The molecule has 30 heavy (non-hydrogen) atoms. The molecule has 2 aromatic heterocycles. The Labute approximate surface area is 170 Å². The molecule has 0 bridgehead atoms. The highest BCUT2D eigenvalue weighted by Gasteiger charge is 2.06. The van der Waals surface area contributed by atoms with Gasteiger partial charge in [0.05, 0.1) is 16.7 Å². The summed E-state index contributed by atoms with van der Waals surface area (Å²) in [5, 5.41) is 2.53. The second-order valence-electron chi connectivity index (χ2n) is 6.97. The van der Waals surface area contributed by atoms with E-state index in [4.69, 9.17) is 0 Å². The fraction of sp³-hybridized carbons (Fsp3) is 0. The van der Waals surface area contributed by atoms with Crippen molar-refractivity contribution < 1.29 is 8.78 Å². The van der Waals surface area contributed by atoms with Gasteiger partial charge in [-0.05, 0) is 53.4 Å². The van der Waals surface area contributed by atoms with E-state index in [1.54, 1.807) is 36.5 Å². The van der Waals surface area contributed by atoms with Gasteiger partial charge < -0.3 is 0 Å². The van der Waals surface area contributed by atoms with Gasteiger partial charge in [0.15, 0.2) is 17.1 Å². The quantitative estimate of drug-likeness (QED) is 0.382. The van der Waals surface area contributed by atoms with Crippen LogP contribution in [0.3, 0.4) is 0 Å². The molecule has 0 unspecified atom stereocenters. The minimum Gasteiger partial charge on any atom is -0.289 e. The molecule has 2 heterocycles. The van der Waals surface area contributed by atoms with Crippen LogP contribution in [0.4, 0.5) is 8.78 Å². The van der Waals surface area contributed by atoms with E-state index >= 15 is 0 Å². The first-order valence-corrected chi connectivity index (χ1v) is 9.34. The third-order valence-electron chi connectivity index (χ3n) is 5.03. The van der Waals surface area contributed by atoms with Crippen molar-refractivity contribution in [2.24, 2.45) is 0 Å². The summed E-state index contributed by atoms with van der Waals surface area (Å²) in [6.07, 6.45) is 5.27. The van der Waals surface area contributed by atoms with Crippen molar-refractivity contribution >= 4 is 44.7 Å². The molecule has 0 amide bonds. The lowest BCUT2D eigenvalue weighted by atomic mass is 10.1. The monoisotopic (exact) mass is 396 g/mol. The van der Waals surface area contributed by atoms with Crippen molar-refractivity contribution in [2.45, 2.75) is 0 Å². The Morgan fingerprint density at radius 3 is 2.43 bits per heavy atom. The number of aromatic nitrogens is 2. The SMILES string of the molecule is O=c1c2cc(/C=C/c3ccc4cc(F)c(F)cc4n3)ccc2ccc2ncccc12. The Kier molecular flexibility index (Phi) is 4.29. The molecule has 0 saturated carbocycles. The van der Waals surface area contributed by atoms with E-state index in [1.807, 2.05) is 36.4 Å². The predicted octanol–water partition coefficient (Wildman–Crippen LogP) is 5.75. The molecule has 0 radical (unpaired) electrons. The van der Waals surface area contributed by atoms with Gasteiger partial charge in [-0.1, -0.05) is 30.3 Å². The van der Waals surface area contributed by atoms with Crippen LogP contribution in [-0.4, -0.2) is 9.97 Å². The molecule has 0 fully saturated rings. The molecule has 0 saturated heterocycles. The summed E-state index contributed by atoms with van der Waals surface area (Å²) in [6.45, 7) is 0. The van der Waals surface area contributed by atoms with E-state index in [2.05, 4.69) is 9.97 Å². The van der Waals surface area contributed by atoms with Gasteiger partial charge in [-0.15, -0.1) is 0 Å². The summed E-state index contributed by atoms with van der Waals surface area (Å²) >= 11 is 0. The van der Waals surface area contributed by atoms with Crippen molar-refractivity contribution in [3.8, 4) is 0 Å². The number of hydrogen-bond donors (Lipinski definition) is 0. The average molecular weight is 396 g/mol. The molecular weight excluding hydrogens is 382 g/mol. The van der Waals surface area contributed by atoms with Gasteiger partial charge in [0.2, 0.25) is 0 Å². The van der Waals surface area contributed by atoms with Crippen molar-refractivity contribution in [1.29, 1.82) is 0 Å². The minimum atomic E-state index is -0.928. The first-order chi connectivity index (χ1) is 14.6. The van der Waals surface area contributed by atoms with E-state index in [0.29, 0.717) is 32.9 Å². The summed E-state index contributed by atoms with van der Waals surface area (Å²) < 4.78 is 26.8. The van der Waals surface area contributed by atoms with Crippen LogP contribution in [0.25, 0.3) is 44.7 Å². The minimum absolute atomic E-state index is 0.0744. The topological polar surface area (TPSA) is 42.9 Å². The third kappa shape index (κ3) is 3.20. The Bertz CT molecular complexity index is 1540. The number of halogens is 2. The molecule has 144 valence electrons. The second kappa shape index (κ2) is 7.12. The van der Waals surface area contributed by atoms with E-state index in [0.717, 1.165) is 23.1 Å². The maximum absolute atomic E-state index is 13.5. The van der Waals surface area contributed by atoms with Crippen LogP contribution in [0.1, 0.15) is 11.3 Å². The zero-order valence-corrected chi connectivity index (χ0v) is 15.6. The van der Waals surface area contributed by atoms with Crippen LogP contribution in [0.15, 0.2) is 77.7 Å². The van der Waals surface area contributed by atoms with Crippen LogP contribution in [0.2, 0.25) is 0 Å². The fourth-order valence-corrected chi connectivity index (χ4v) is 3.48. The van der Waals surface area contributed by atoms with Gasteiger partial charge in [0.25, 0.3) is 0 Å². The first-order valence-electron chi connectivity index (χ1n) is 9.34. The van der Waals surface area contributed by atoms with Crippen molar-refractivity contribution in [3.63, 3.8) is 0 Å². The normalized spacial score (nSPS) is 11.7. The molecule has 3 aromatic carbocycles. The molecule has 0 N–H and O–H groups in total. The number of nitrogens with zero attached hydrogens (tertiary/aromatic N) is 2. The molecule has 0 aliphatic rings. The number of benzene rings is 2. The Morgan fingerprint density at radius 2 is 1.53 bits per heavy atom. The number of pyridine rings is 2. The molecule has 5 heteroatoms. The third-order valence-corrected chi connectivity index (χ3v) is 5.03. The first kappa shape index (κ1) is 18.1. The molecule has 5 aromatic rings. The van der Waals surface area contributed by atoms with Gasteiger partial charge >= 0.3 is 0 Å². The van der Waals surface area contributed by atoms with Crippen LogP contribution in [0.5, 0.6) is 0 Å². The molecular formula is C25H14F2N2O. The molecule has 5 rings (SSSR count). The Hall–Kier alpha value is -3.99. The zero-order chi connectivity index (χ0) is 20.7. The van der Waals surface area contributed by atoms with Crippen LogP contribution in [-0.2, 0) is 0 Å². The van der Waals surface area contributed by atoms with Crippen molar-refractivity contribution in [3.05, 3.63) is 106 Å². The highest BCUT2D eigenvalue weighted by Crippen LogP contribution is 2.20. The fourth-order valence-electron chi connectivity index (χ4n) is 3.48. The number of hydrogen-bond acceptors (Lipinski definition) is 3. The van der Waals surface area contributed by atoms with E-state index in [-0.39, 0.29) is 5.43 Å². The van der Waals surface area contributed by atoms with E-state index < -0.39 is 11.6 Å². The largest absolute Gasteiger partial charge is 0.289 e. The van der Waals surface area contributed by atoms with Gasteiger partial charge in [-0.25, -0.2) is 13.8 Å². The molecule has 3 nitrogen and oxygen atoms in total. The maximum Gasteiger partial charge on any atom is 0.195 e. The average Bonchev–Trinajstić information content (AvgIpc) is 2.90. The van der Waals surface area contributed by atoms with E-state index in [1.165, 1.54) is 0 Å². The molecule has 0 aliphatic heterocycles. The Morgan fingerprint density at radius 1 is 0.733 bits per heavy atom. The zero-order valence-electron chi connectivity index (χ0n) is 15.6. The second-order valence-corrected chi connectivity index (χ2v) is 6.97. The standard InChI is InChI=1S/C25H14F2N2O/c26-21-13-17-6-9-18(29-24(17)14-22(21)27)8-4-15-3-5-16-7-10-23-19(2-1-11-28-23)25(30)20(16)12-15/h1-14H/b8-4+. The van der Waals surface area contributed by atoms with Crippen LogP contribution in [0, 0.1) is 11.6 Å². The van der Waals surface area contributed by atoms with Crippen LogP contribution < -0.4 is 5.43 Å². The summed E-state index contributed by atoms with van der Waals surface area (Å²) in [6, 6.07) is 18.5. The lowest BCUT2D eigenvalue weighted by molar-refractivity contribution is 0.510. The van der Waals surface area contributed by atoms with Crippen molar-refractivity contribution in [1.82, 2.24) is 9.97 Å². The summed E-state index contributed by atoms with van der Waals surface area (Å²) in [5.41, 5.74) is 2.39. The van der Waals surface area contributed by atoms with Gasteiger partial charge in [0.1, 0.15) is 0 Å². The Balaban J connectivity index is 1.58. The lowest BCUT2D eigenvalue weighted by Crippen LogP contribution is -1.99. The summed E-state index contributed by atoms with van der Waals surface area (Å²) in [5.74, 6) is -1.82. The van der Waals surface area contributed by atoms with Crippen molar-refractivity contribution in [2.75, 3.05) is 0 Å². The summed E-state index contributed by atoms with van der Waals surface area (Å²) in [7, 11) is 0. The van der Waals surface area contributed by atoms with Gasteiger partial charge in [-0.3, -0.25) is 9.78 Å². The highest BCUT2D eigenvalue weighted by atomic mass is 19.2. The number of fused-ring (bicyclic) bond motifs is 3. The predicted molar refractivity (Wildman–Crippen MR) is 116 cm³/mol. The van der Waals surface area contributed by atoms with Crippen LogP contribution >= 0.6 is 0 Å². The summed E-state index contributed by atoms with van der Waals surface area (Å²) in [4.78, 5) is 21.6. The lowest BCUT2D eigenvalue weighted by Gasteiger charge is -2.01. The van der Waals surface area contributed by atoms with Gasteiger partial charge in [0, 0.05) is 28.4 Å². The molecule has 0 spiro atoms. The number of rotatable bonds is 2. The van der Waals surface area contributed by atoms with E-state index in [9.17, 15) is 13.6 Å².